The fraction of sp³-hybridized carbons (Fsp3) is 0.265. The summed E-state index contributed by atoms with van der Waals surface area (Å²) in [7, 11) is 0. The number of carbonyl (C=O) groups is 4. The van der Waals surface area contributed by atoms with Gasteiger partial charge in [-0.2, -0.15) is 0 Å². The standard InChI is InChI=1S/C34H28BrN3O7/c1-18-3-12-25-27(13-18)33(41)37(32(25)40)23-8-4-20(5-9-23)29-16-28(26-15-22(35)14-19(2)31(26)36-29)34(42)45-17-30(39)21-6-10-24(11-7-21)38(43)44/h4-11,14-16,18,25,27H,3,12-13,17H2,1-2H3. The predicted octanol–water partition coefficient (Wildman–Crippen LogP) is 6.85. The number of halogens is 1. The second-order valence-electron chi connectivity index (χ2n) is 11.7. The first-order chi connectivity index (χ1) is 21.5. The normalized spacial score (nSPS) is 19.4. The number of hydrogen-bond donors (Lipinski definition) is 0. The van der Waals surface area contributed by atoms with Gasteiger partial charge in [0.15, 0.2) is 12.4 Å². The van der Waals surface area contributed by atoms with E-state index < -0.39 is 23.3 Å². The molecule has 4 aromatic rings. The lowest BCUT2D eigenvalue weighted by Crippen LogP contribution is -2.30. The molecule has 0 radical (unpaired) electrons. The van der Waals surface area contributed by atoms with Gasteiger partial charge in [-0.05, 0) is 80.1 Å². The summed E-state index contributed by atoms with van der Waals surface area (Å²) in [5.74, 6) is -1.67. The number of pyridine rings is 1. The van der Waals surface area contributed by atoms with Gasteiger partial charge in [0.2, 0.25) is 11.8 Å². The van der Waals surface area contributed by atoms with Crippen LogP contribution in [-0.4, -0.2) is 40.1 Å². The van der Waals surface area contributed by atoms with Crippen molar-refractivity contribution < 1.29 is 28.8 Å². The van der Waals surface area contributed by atoms with Gasteiger partial charge in [-0.1, -0.05) is 35.0 Å². The molecule has 2 aliphatic rings. The molecular formula is C34H28BrN3O7. The van der Waals surface area contributed by atoms with Crippen molar-refractivity contribution in [2.24, 2.45) is 17.8 Å². The van der Waals surface area contributed by atoms with Crippen LogP contribution < -0.4 is 4.90 Å². The number of esters is 1. The number of imide groups is 1. The van der Waals surface area contributed by atoms with Crippen LogP contribution in [0, 0.1) is 34.8 Å². The number of benzene rings is 3. The molecule has 1 saturated carbocycles. The number of nitro groups is 1. The number of aryl methyl sites for hydroxylation is 1. The van der Waals surface area contributed by atoms with Crippen LogP contribution in [0.5, 0.6) is 0 Å². The molecule has 1 aromatic heterocycles. The lowest BCUT2D eigenvalue weighted by Gasteiger charge is -2.25. The summed E-state index contributed by atoms with van der Waals surface area (Å²) in [6.45, 7) is 3.42. The summed E-state index contributed by atoms with van der Waals surface area (Å²) in [5.41, 5.74) is 3.22. The fourth-order valence-electron chi connectivity index (χ4n) is 6.26. The maximum atomic E-state index is 13.4. The number of fused-ring (bicyclic) bond motifs is 2. The topological polar surface area (TPSA) is 137 Å². The first kappa shape index (κ1) is 30.3. The Labute approximate surface area is 266 Å². The molecule has 1 aliphatic heterocycles. The molecule has 2 fully saturated rings. The molecule has 0 bridgehead atoms. The molecular weight excluding hydrogens is 642 g/mol. The van der Waals surface area contributed by atoms with E-state index in [2.05, 4.69) is 22.9 Å². The molecule has 2 amide bonds. The van der Waals surface area contributed by atoms with E-state index in [1.54, 1.807) is 36.4 Å². The van der Waals surface area contributed by atoms with E-state index in [0.29, 0.717) is 33.8 Å². The molecule has 1 saturated heterocycles. The van der Waals surface area contributed by atoms with Crippen molar-refractivity contribution in [3.05, 3.63) is 98.0 Å². The third-order valence-corrected chi connectivity index (χ3v) is 9.09. The minimum atomic E-state index is -0.738. The van der Waals surface area contributed by atoms with Gasteiger partial charge in [-0.3, -0.25) is 29.4 Å². The van der Waals surface area contributed by atoms with Gasteiger partial charge in [-0.25, -0.2) is 9.78 Å². The third kappa shape index (κ3) is 5.75. The lowest BCUT2D eigenvalue weighted by atomic mass is 9.76. The number of carbonyl (C=O) groups excluding carboxylic acids is 4. The molecule has 3 atom stereocenters. The molecule has 0 N–H and O–H groups in total. The number of non-ortho nitro benzene ring substituents is 1. The van der Waals surface area contributed by atoms with Crippen molar-refractivity contribution in [2.75, 3.05) is 11.5 Å². The van der Waals surface area contributed by atoms with Crippen molar-refractivity contribution >= 4 is 61.8 Å². The summed E-state index contributed by atoms with van der Waals surface area (Å²) in [4.78, 5) is 68.9. The van der Waals surface area contributed by atoms with Crippen molar-refractivity contribution in [2.45, 2.75) is 33.1 Å². The zero-order valence-electron chi connectivity index (χ0n) is 24.5. The number of hydrogen-bond acceptors (Lipinski definition) is 8. The van der Waals surface area contributed by atoms with Gasteiger partial charge in [0.1, 0.15) is 0 Å². The number of Topliss-reactive ketones (excluding diaryl/α,β-unsaturated/α-hetero) is 1. The molecule has 1 aliphatic carbocycles. The Hall–Kier alpha value is -4.77. The highest BCUT2D eigenvalue weighted by Crippen LogP contribution is 2.42. The van der Waals surface area contributed by atoms with Crippen LogP contribution in [0.25, 0.3) is 22.2 Å². The molecule has 3 unspecified atom stereocenters. The summed E-state index contributed by atoms with van der Waals surface area (Å²) in [6, 6.07) is 17.2. The van der Waals surface area contributed by atoms with Gasteiger partial charge in [0.25, 0.3) is 5.69 Å². The number of ether oxygens (including phenoxy) is 1. The second kappa shape index (κ2) is 12.0. The number of rotatable bonds is 7. The Kier molecular flexibility index (Phi) is 8.05. The van der Waals surface area contributed by atoms with E-state index >= 15 is 0 Å². The smallest absolute Gasteiger partial charge is 0.339 e. The number of nitro benzene ring substituents is 1. The molecule has 6 rings (SSSR count). The van der Waals surface area contributed by atoms with Crippen LogP contribution in [-0.2, 0) is 14.3 Å². The van der Waals surface area contributed by atoms with Gasteiger partial charge in [0.05, 0.1) is 39.2 Å². The average molecular weight is 671 g/mol. The van der Waals surface area contributed by atoms with Crippen LogP contribution in [0.4, 0.5) is 11.4 Å². The van der Waals surface area contributed by atoms with Crippen molar-refractivity contribution in [1.29, 1.82) is 0 Å². The first-order valence-electron chi connectivity index (χ1n) is 14.6. The molecule has 45 heavy (non-hydrogen) atoms. The number of nitrogens with zero attached hydrogens (tertiary/aromatic N) is 3. The van der Waals surface area contributed by atoms with E-state index in [9.17, 15) is 29.3 Å². The molecule has 228 valence electrons. The van der Waals surface area contributed by atoms with Gasteiger partial charge in [0, 0.05) is 33.1 Å². The summed E-state index contributed by atoms with van der Waals surface area (Å²) in [5, 5.41) is 11.4. The van der Waals surface area contributed by atoms with Crippen LogP contribution in [0.3, 0.4) is 0 Å². The maximum absolute atomic E-state index is 13.4. The highest BCUT2D eigenvalue weighted by atomic mass is 79.9. The largest absolute Gasteiger partial charge is 0.454 e. The zero-order valence-corrected chi connectivity index (χ0v) is 26.1. The molecule has 2 heterocycles. The van der Waals surface area contributed by atoms with Crippen LogP contribution >= 0.6 is 15.9 Å². The number of ketones is 1. The van der Waals surface area contributed by atoms with Gasteiger partial charge in [-0.15, -0.1) is 0 Å². The van der Waals surface area contributed by atoms with Crippen LogP contribution in [0.15, 0.2) is 71.2 Å². The quantitative estimate of drug-likeness (QED) is 0.0685. The Balaban J connectivity index is 1.28. The SMILES string of the molecule is Cc1cc(Br)cc2c(C(=O)OCC(=O)c3ccc([N+](=O)[O-])cc3)cc(-c3ccc(N4C(=O)C5CCC(C)CC5C4=O)cc3)nc12. The number of amides is 2. The van der Waals surface area contributed by atoms with E-state index in [1.807, 2.05) is 13.0 Å². The maximum Gasteiger partial charge on any atom is 0.339 e. The van der Waals surface area contributed by atoms with Crippen LogP contribution in [0.2, 0.25) is 0 Å². The van der Waals surface area contributed by atoms with Crippen molar-refractivity contribution in [1.82, 2.24) is 4.98 Å². The number of aromatic nitrogens is 1. The Morgan fingerprint density at radius 2 is 1.69 bits per heavy atom. The second-order valence-corrected chi connectivity index (χ2v) is 12.6. The predicted molar refractivity (Wildman–Crippen MR) is 170 cm³/mol. The van der Waals surface area contributed by atoms with Crippen molar-refractivity contribution in [3.63, 3.8) is 0 Å². The minimum absolute atomic E-state index is 0.150. The molecule has 3 aromatic carbocycles. The van der Waals surface area contributed by atoms with E-state index in [4.69, 9.17) is 9.72 Å². The van der Waals surface area contributed by atoms with Gasteiger partial charge < -0.3 is 4.74 Å². The fourth-order valence-corrected chi connectivity index (χ4v) is 6.83. The minimum Gasteiger partial charge on any atom is -0.454 e. The first-order valence-corrected chi connectivity index (χ1v) is 15.3. The lowest BCUT2D eigenvalue weighted by molar-refractivity contribution is -0.384. The van der Waals surface area contributed by atoms with Crippen molar-refractivity contribution in [3.8, 4) is 11.3 Å². The molecule has 10 nitrogen and oxygen atoms in total. The monoisotopic (exact) mass is 669 g/mol. The summed E-state index contributed by atoms with van der Waals surface area (Å²) in [6.07, 6.45) is 2.38. The number of anilines is 1. The van der Waals surface area contributed by atoms with Gasteiger partial charge >= 0.3 is 5.97 Å². The Morgan fingerprint density at radius 3 is 2.38 bits per heavy atom. The van der Waals surface area contributed by atoms with Crippen LogP contribution in [0.1, 0.15) is 52.5 Å². The average Bonchev–Trinajstić information content (AvgIpc) is 3.27. The Morgan fingerprint density at radius 1 is 1.00 bits per heavy atom. The molecule has 0 spiro atoms. The zero-order chi connectivity index (χ0) is 32.0. The summed E-state index contributed by atoms with van der Waals surface area (Å²) >= 11 is 3.47. The van der Waals surface area contributed by atoms with E-state index in [-0.39, 0.29) is 40.5 Å². The summed E-state index contributed by atoms with van der Waals surface area (Å²) < 4.78 is 6.15. The highest BCUT2D eigenvalue weighted by molar-refractivity contribution is 9.10. The van der Waals surface area contributed by atoms with E-state index in [1.165, 1.54) is 29.2 Å². The Bertz CT molecular complexity index is 1890. The molecule has 11 heteroatoms. The third-order valence-electron chi connectivity index (χ3n) is 8.63. The van der Waals surface area contributed by atoms with E-state index in [0.717, 1.165) is 29.3 Å². The highest BCUT2D eigenvalue weighted by Gasteiger charge is 2.49.